The summed E-state index contributed by atoms with van der Waals surface area (Å²) in [7, 11) is 0. The Morgan fingerprint density at radius 2 is 2.31 bits per heavy atom. The van der Waals surface area contributed by atoms with E-state index in [0.717, 1.165) is 24.1 Å². The van der Waals surface area contributed by atoms with Gasteiger partial charge in [0.25, 0.3) is 0 Å². The van der Waals surface area contributed by atoms with Crippen LogP contribution in [0.5, 0.6) is 0 Å². The van der Waals surface area contributed by atoms with E-state index >= 15 is 0 Å². The minimum Gasteiger partial charge on any atom is -0.381 e. The fraction of sp³-hybridized carbons (Fsp3) is 0.417. The van der Waals surface area contributed by atoms with E-state index < -0.39 is 0 Å². The molecule has 86 valence electrons. The molecular formula is C12H13BrFNO. The molecule has 1 aromatic rings. The summed E-state index contributed by atoms with van der Waals surface area (Å²) < 4.78 is 14.0. The van der Waals surface area contributed by atoms with Gasteiger partial charge in [0.1, 0.15) is 5.82 Å². The minimum atomic E-state index is -0.375. The molecule has 16 heavy (non-hydrogen) atoms. The van der Waals surface area contributed by atoms with Gasteiger partial charge < -0.3 is 5.32 Å². The molecule has 4 heteroatoms. The number of benzene rings is 1. The molecule has 1 N–H and O–H groups in total. The van der Waals surface area contributed by atoms with Crippen LogP contribution < -0.4 is 5.32 Å². The lowest BCUT2D eigenvalue weighted by Crippen LogP contribution is -2.08. The zero-order valence-electron chi connectivity index (χ0n) is 9.02. The van der Waals surface area contributed by atoms with Gasteiger partial charge in [-0.25, -0.2) is 4.39 Å². The summed E-state index contributed by atoms with van der Waals surface area (Å²) in [6, 6.07) is 1.72. The first kappa shape index (κ1) is 11.6. The fourth-order valence-corrected chi connectivity index (χ4v) is 2.32. The topological polar surface area (TPSA) is 29.1 Å². The van der Waals surface area contributed by atoms with Gasteiger partial charge in [0.2, 0.25) is 0 Å². The quantitative estimate of drug-likeness (QED) is 0.858. The molecule has 0 bridgehead atoms. The SMILES string of the molecule is CCc1c(Br)c(F)cc(C=O)c1NC1CC1. The molecule has 0 atom stereocenters. The maximum absolute atomic E-state index is 13.5. The molecular weight excluding hydrogens is 273 g/mol. The van der Waals surface area contributed by atoms with Gasteiger partial charge in [0, 0.05) is 17.3 Å². The average molecular weight is 286 g/mol. The molecule has 1 saturated carbocycles. The van der Waals surface area contributed by atoms with Crippen molar-refractivity contribution in [1.29, 1.82) is 0 Å². The van der Waals surface area contributed by atoms with Crippen molar-refractivity contribution < 1.29 is 9.18 Å². The molecule has 0 heterocycles. The summed E-state index contributed by atoms with van der Waals surface area (Å²) in [4.78, 5) is 10.9. The number of halogens is 2. The van der Waals surface area contributed by atoms with Crippen LogP contribution in [0.2, 0.25) is 0 Å². The summed E-state index contributed by atoms with van der Waals surface area (Å²) in [5.41, 5.74) is 2.03. The first-order valence-corrected chi connectivity index (χ1v) is 6.19. The molecule has 0 radical (unpaired) electrons. The van der Waals surface area contributed by atoms with Crippen molar-refractivity contribution in [3.8, 4) is 0 Å². The minimum absolute atomic E-state index is 0.375. The highest BCUT2D eigenvalue weighted by Crippen LogP contribution is 2.34. The van der Waals surface area contributed by atoms with Crippen LogP contribution in [0.25, 0.3) is 0 Å². The summed E-state index contributed by atoms with van der Waals surface area (Å²) in [5.74, 6) is -0.375. The lowest BCUT2D eigenvalue weighted by Gasteiger charge is -2.15. The maximum Gasteiger partial charge on any atom is 0.152 e. The summed E-state index contributed by atoms with van der Waals surface area (Å²) in [6.07, 6.45) is 3.64. The van der Waals surface area contributed by atoms with Crippen LogP contribution in [0.1, 0.15) is 35.7 Å². The van der Waals surface area contributed by atoms with Crippen LogP contribution in [0, 0.1) is 5.82 Å². The van der Waals surface area contributed by atoms with E-state index in [-0.39, 0.29) is 5.82 Å². The number of hydrogen-bond donors (Lipinski definition) is 1. The van der Waals surface area contributed by atoms with Crippen molar-refractivity contribution in [2.75, 3.05) is 5.32 Å². The molecule has 0 aliphatic heterocycles. The fourth-order valence-electron chi connectivity index (χ4n) is 1.73. The van der Waals surface area contributed by atoms with Crippen LogP contribution in [-0.2, 0) is 6.42 Å². The standard InChI is InChI=1S/C12H13BrFNO/c1-2-9-11(13)10(14)5-7(6-16)12(9)15-8-3-4-8/h5-6,8,15H,2-4H2,1H3. The first-order chi connectivity index (χ1) is 7.67. The van der Waals surface area contributed by atoms with E-state index in [1.54, 1.807) is 0 Å². The number of rotatable bonds is 4. The van der Waals surface area contributed by atoms with E-state index in [1.165, 1.54) is 6.07 Å². The van der Waals surface area contributed by atoms with Crippen LogP contribution in [-0.4, -0.2) is 12.3 Å². The zero-order chi connectivity index (χ0) is 11.7. The predicted molar refractivity (Wildman–Crippen MR) is 65.5 cm³/mol. The number of nitrogens with one attached hydrogen (secondary N) is 1. The highest BCUT2D eigenvalue weighted by Gasteiger charge is 2.24. The lowest BCUT2D eigenvalue weighted by atomic mass is 10.0. The molecule has 2 nitrogen and oxygen atoms in total. The molecule has 0 amide bonds. The Morgan fingerprint density at radius 3 is 2.81 bits per heavy atom. The highest BCUT2D eigenvalue weighted by molar-refractivity contribution is 9.10. The van der Waals surface area contributed by atoms with Crippen LogP contribution in [0.4, 0.5) is 10.1 Å². The zero-order valence-corrected chi connectivity index (χ0v) is 10.6. The highest BCUT2D eigenvalue weighted by atomic mass is 79.9. The smallest absolute Gasteiger partial charge is 0.152 e. The van der Waals surface area contributed by atoms with Gasteiger partial charge in [-0.2, -0.15) is 0 Å². The van der Waals surface area contributed by atoms with Gasteiger partial charge in [-0.15, -0.1) is 0 Å². The van der Waals surface area contributed by atoms with Gasteiger partial charge in [0.15, 0.2) is 6.29 Å². The first-order valence-electron chi connectivity index (χ1n) is 5.40. The van der Waals surface area contributed by atoms with Crippen molar-refractivity contribution in [2.45, 2.75) is 32.2 Å². The number of anilines is 1. The van der Waals surface area contributed by atoms with Crippen molar-refractivity contribution in [1.82, 2.24) is 0 Å². The van der Waals surface area contributed by atoms with Gasteiger partial charge in [-0.1, -0.05) is 6.92 Å². The van der Waals surface area contributed by atoms with Crippen molar-refractivity contribution in [3.63, 3.8) is 0 Å². The van der Waals surface area contributed by atoms with Gasteiger partial charge in [-0.3, -0.25) is 4.79 Å². The number of hydrogen-bond acceptors (Lipinski definition) is 2. The molecule has 0 saturated heterocycles. The molecule has 0 unspecified atom stereocenters. The van der Waals surface area contributed by atoms with Gasteiger partial charge in [0.05, 0.1) is 4.47 Å². The Labute approximate surface area is 102 Å². The van der Waals surface area contributed by atoms with Gasteiger partial charge in [-0.05, 0) is 46.8 Å². The van der Waals surface area contributed by atoms with Crippen LogP contribution in [0.3, 0.4) is 0 Å². The van der Waals surface area contributed by atoms with Crippen molar-refractivity contribution in [3.05, 3.63) is 27.5 Å². The Bertz CT molecular complexity index is 430. The van der Waals surface area contributed by atoms with Crippen molar-refractivity contribution >= 4 is 27.9 Å². The third-order valence-corrected chi connectivity index (χ3v) is 3.61. The summed E-state index contributed by atoms with van der Waals surface area (Å²) in [5, 5.41) is 3.30. The summed E-state index contributed by atoms with van der Waals surface area (Å²) in [6.45, 7) is 1.95. The Balaban J connectivity index is 2.50. The second kappa shape index (κ2) is 4.53. The summed E-state index contributed by atoms with van der Waals surface area (Å²) >= 11 is 3.23. The normalized spacial score (nSPS) is 14.9. The van der Waals surface area contributed by atoms with Crippen molar-refractivity contribution in [2.24, 2.45) is 0 Å². The predicted octanol–water partition coefficient (Wildman–Crippen LogP) is 3.54. The van der Waals surface area contributed by atoms with E-state index in [4.69, 9.17) is 0 Å². The molecule has 2 rings (SSSR count). The largest absolute Gasteiger partial charge is 0.381 e. The van der Waals surface area contributed by atoms with Crippen LogP contribution >= 0.6 is 15.9 Å². The molecule has 1 aliphatic carbocycles. The van der Waals surface area contributed by atoms with Crippen LogP contribution in [0.15, 0.2) is 10.5 Å². The van der Waals surface area contributed by atoms with Gasteiger partial charge >= 0.3 is 0 Å². The third-order valence-electron chi connectivity index (χ3n) is 2.75. The maximum atomic E-state index is 13.5. The molecule has 1 aliphatic rings. The Hall–Kier alpha value is -0.900. The van der Waals surface area contributed by atoms with E-state index in [1.807, 2.05) is 6.92 Å². The molecule has 0 aromatic heterocycles. The van der Waals surface area contributed by atoms with E-state index in [0.29, 0.717) is 28.8 Å². The third kappa shape index (κ3) is 2.12. The molecule has 0 spiro atoms. The second-order valence-corrected chi connectivity index (χ2v) is 4.80. The number of aldehydes is 1. The molecule has 1 aromatic carbocycles. The molecule has 1 fully saturated rings. The number of carbonyl (C=O) groups excluding carboxylic acids is 1. The second-order valence-electron chi connectivity index (χ2n) is 4.01. The van der Waals surface area contributed by atoms with E-state index in [9.17, 15) is 9.18 Å². The monoisotopic (exact) mass is 285 g/mol. The lowest BCUT2D eigenvalue weighted by molar-refractivity contribution is 0.112. The number of carbonyl (C=O) groups is 1. The Kier molecular flexibility index (Phi) is 3.28. The Morgan fingerprint density at radius 1 is 1.62 bits per heavy atom. The van der Waals surface area contributed by atoms with E-state index in [2.05, 4.69) is 21.2 Å². The average Bonchev–Trinajstić information content (AvgIpc) is 3.07.